The molecule has 1 aliphatic rings. The number of hydrogen-bond acceptors (Lipinski definition) is 3. The van der Waals surface area contributed by atoms with Gasteiger partial charge in [0.1, 0.15) is 6.26 Å². The first kappa shape index (κ1) is 11.3. The largest absolute Gasteiger partial charge is 0.504 e. The second-order valence-electron chi connectivity index (χ2n) is 5.46. The predicted molar refractivity (Wildman–Crippen MR) is 69.1 cm³/mol. The van der Waals surface area contributed by atoms with Crippen LogP contribution in [0.3, 0.4) is 0 Å². The van der Waals surface area contributed by atoms with Crippen molar-refractivity contribution in [1.82, 2.24) is 0 Å². The van der Waals surface area contributed by atoms with E-state index >= 15 is 0 Å². The zero-order valence-electron chi connectivity index (χ0n) is 10.8. The summed E-state index contributed by atoms with van der Waals surface area (Å²) in [6.07, 6.45) is 2.01. The van der Waals surface area contributed by atoms with Gasteiger partial charge in [0.05, 0.1) is 5.56 Å². The highest BCUT2D eigenvalue weighted by Crippen LogP contribution is 2.45. The Labute approximate surface area is 105 Å². The summed E-state index contributed by atoms with van der Waals surface area (Å²) < 4.78 is 5.40. The Hall–Kier alpha value is -1.77. The number of hydrogen-bond donors (Lipinski definition) is 1. The third-order valence-electron chi connectivity index (χ3n) is 3.95. The number of ketones is 1. The normalized spacial score (nSPS) is 18.9. The Bertz CT molecular complexity index is 649. The zero-order valence-corrected chi connectivity index (χ0v) is 10.8. The highest BCUT2D eigenvalue weighted by molar-refractivity contribution is 6.12. The number of phenolic OH excluding ortho intramolecular Hbond substituents is 1. The molecule has 3 heteroatoms. The molecule has 1 aliphatic carbocycles. The SMILES string of the molecule is Cc1cc2c3c(coc3c1O)C(=O)C[C@H]2C(C)C. The van der Waals surface area contributed by atoms with Gasteiger partial charge in [0.2, 0.25) is 0 Å². The van der Waals surface area contributed by atoms with E-state index in [-0.39, 0.29) is 17.5 Å². The lowest BCUT2D eigenvalue weighted by Gasteiger charge is -2.25. The molecule has 0 spiro atoms. The summed E-state index contributed by atoms with van der Waals surface area (Å²) in [5.41, 5.74) is 3.02. The van der Waals surface area contributed by atoms with Crippen molar-refractivity contribution in [3.8, 4) is 5.75 Å². The first-order chi connectivity index (χ1) is 8.50. The van der Waals surface area contributed by atoms with Crippen molar-refractivity contribution in [2.24, 2.45) is 5.92 Å². The maximum atomic E-state index is 12.1. The van der Waals surface area contributed by atoms with Crippen molar-refractivity contribution in [1.29, 1.82) is 0 Å². The Morgan fingerprint density at radius 1 is 1.44 bits per heavy atom. The van der Waals surface area contributed by atoms with E-state index in [0.717, 1.165) is 16.5 Å². The molecule has 0 amide bonds. The number of aryl methyl sites for hydroxylation is 1. The van der Waals surface area contributed by atoms with E-state index in [1.165, 1.54) is 6.26 Å². The van der Waals surface area contributed by atoms with Crippen LogP contribution >= 0.6 is 0 Å². The maximum Gasteiger partial charge on any atom is 0.176 e. The minimum atomic E-state index is 0.114. The van der Waals surface area contributed by atoms with E-state index in [1.807, 2.05) is 13.0 Å². The van der Waals surface area contributed by atoms with Gasteiger partial charge in [0.25, 0.3) is 0 Å². The van der Waals surface area contributed by atoms with Crippen molar-refractivity contribution in [3.05, 3.63) is 29.0 Å². The number of Topliss-reactive ketones (excluding diaryl/α,β-unsaturated/α-hetero) is 1. The summed E-state index contributed by atoms with van der Waals surface area (Å²) in [4.78, 5) is 12.1. The van der Waals surface area contributed by atoms with Crippen molar-refractivity contribution >= 4 is 16.8 Å². The van der Waals surface area contributed by atoms with Gasteiger partial charge in [-0.15, -0.1) is 0 Å². The van der Waals surface area contributed by atoms with Gasteiger partial charge >= 0.3 is 0 Å². The van der Waals surface area contributed by atoms with Crippen LogP contribution in [0.1, 0.15) is 47.7 Å². The summed E-state index contributed by atoms with van der Waals surface area (Å²) in [5.74, 6) is 0.869. The molecule has 0 saturated heterocycles. The first-order valence-electron chi connectivity index (χ1n) is 6.27. The molecule has 1 aromatic heterocycles. The fourth-order valence-electron chi connectivity index (χ4n) is 2.88. The summed E-state index contributed by atoms with van der Waals surface area (Å²) in [6, 6.07) is 1.99. The molecule has 0 saturated carbocycles. The standard InChI is InChI=1S/C15H16O3/c1-7(2)9-5-12(16)11-6-18-15-13(11)10(9)4-8(3)14(15)17/h4,6-7,9,17H,5H2,1-3H3/t9-/m0/s1. The number of carbonyl (C=O) groups excluding carboxylic acids is 1. The molecule has 1 heterocycles. The molecule has 1 aromatic carbocycles. The molecule has 18 heavy (non-hydrogen) atoms. The topological polar surface area (TPSA) is 50.4 Å². The molecule has 0 bridgehead atoms. The van der Waals surface area contributed by atoms with Crippen LogP contribution in [0.25, 0.3) is 11.0 Å². The van der Waals surface area contributed by atoms with E-state index < -0.39 is 0 Å². The van der Waals surface area contributed by atoms with Crippen LogP contribution in [-0.4, -0.2) is 10.9 Å². The van der Waals surface area contributed by atoms with Gasteiger partial charge in [0.15, 0.2) is 17.1 Å². The van der Waals surface area contributed by atoms with Gasteiger partial charge in [-0.1, -0.05) is 19.9 Å². The van der Waals surface area contributed by atoms with Crippen molar-refractivity contribution in [2.45, 2.75) is 33.1 Å². The number of aromatic hydroxyl groups is 1. The summed E-state index contributed by atoms with van der Waals surface area (Å²) in [5, 5.41) is 10.8. The molecule has 3 nitrogen and oxygen atoms in total. The molecular formula is C15H16O3. The number of rotatable bonds is 1. The van der Waals surface area contributed by atoms with Gasteiger partial charge in [-0.2, -0.15) is 0 Å². The van der Waals surface area contributed by atoms with Crippen LogP contribution in [0, 0.1) is 12.8 Å². The Kier molecular flexibility index (Phi) is 2.27. The second kappa shape index (κ2) is 3.61. The summed E-state index contributed by atoms with van der Waals surface area (Å²) >= 11 is 0. The molecule has 2 aromatic rings. The summed E-state index contributed by atoms with van der Waals surface area (Å²) in [7, 11) is 0. The number of benzene rings is 1. The van der Waals surface area contributed by atoms with Gasteiger partial charge in [-0.3, -0.25) is 4.79 Å². The fourth-order valence-corrected chi connectivity index (χ4v) is 2.88. The average molecular weight is 244 g/mol. The van der Waals surface area contributed by atoms with E-state index in [2.05, 4.69) is 13.8 Å². The van der Waals surface area contributed by atoms with Crippen molar-refractivity contribution < 1.29 is 14.3 Å². The highest BCUT2D eigenvalue weighted by atomic mass is 16.3. The predicted octanol–water partition coefficient (Wildman–Crippen LogP) is 3.77. The lowest BCUT2D eigenvalue weighted by atomic mass is 9.77. The second-order valence-corrected chi connectivity index (χ2v) is 5.46. The Balaban J connectivity index is 2.41. The van der Waals surface area contributed by atoms with Gasteiger partial charge < -0.3 is 9.52 Å². The van der Waals surface area contributed by atoms with Crippen LogP contribution in [0.5, 0.6) is 5.75 Å². The van der Waals surface area contributed by atoms with Gasteiger partial charge in [0, 0.05) is 11.8 Å². The Morgan fingerprint density at radius 2 is 2.17 bits per heavy atom. The summed E-state index contributed by atoms with van der Waals surface area (Å²) in [6.45, 7) is 6.11. The molecule has 0 unspecified atom stereocenters. The third-order valence-corrected chi connectivity index (χ3v) is 3.95. The van der Waals surface area contributed by atoms with Crippen LogP contribution in [0.2, 0.25) is 0 Å². The zero-order chi connectivity index (χ0) is 13.0. The average Bonchev–Trinajstić information content (AvgIpc) is 2.75. The molecule has 94 valence electrons. The highest BCUT2D eigenvalue weighted by Gasteiger charge is 2.32. The number of phenols is 1. The van der Waals surface area contributed by atoms with E-state index in [1.54, 1.807) is 0 Å². The Morgan fingerprint density at radius 3 is 2.83 bits per heavy atom. The van der Waals surface area contributed by atoms with Crippen molar-refractivity contribution in [2.75, 3.05) is 0 Å². The minimum absolute atomic E-state index is 0.114. The fraction of sp³-hybridized carbons (Fsp3) is 0.400. The van der Waals surface area contributed by atoms with E-state index in [4.69, 9.17) is 4.42 Å². The van der Waals surface area contributed by atoms with Crippen LogP contribution in [0.4, 0.5) is 0 Å². The quantitative estimate of drug-likeness (QED) is 0.830. The molecule has 1 atom stereocenters. The monoisotopic (exact) mass is 244 g/mol. The number of furan rings is 1. The van der Waals surface area contributed by atoms with Crippen LogP contribution < -0.4 is 0 Å². The number of carbonyl (C=O) groups is 1. The lowest BCUT2D eigenvalue weighted by Crippen LogP contribution is -2.18. The maximum absolute atomic E-state index is 12.1. The molecule has 3 rings (SSSR count). The smallest absolute Gasteiger partial charge is 0.176 e. The van der Waals surface area contributed by atoms with E-state index in [9.17, 15) is 9.90 Å². The van der Waals surface area contributed by atoms with Gasteiger partial charge in [-0.25, -0.2) is 0 Å². The van der Waals surface area contributed by atoms with Gasteiger partial charge in [-0.05, 0) is 29.9 Å². The molecule has 1 N–H and O–H groups in total. The van der Waals surface area contributed by atoms with Crippen molar-refractivity contribution in [3.63, 3.8) is 0 Å². The lowest BCUT2D eigenvalue weighted by molar-refractivity contribution is 0.0963. The van der Waals surface area contributed by atoms with E-state index in [0.29, 0.717) is 23.5 Å². The minimum Gasteiger partial charge on any atom is -0.504 e. The van der Waals surface area contributed by atoms with Crippen LogP contribution in [0.15, 0.2) is 16.7 Å². The molecule has 0 radical (unpaired) electrons. The molecular weight excluding hydrogens is 228 g/mol. The molecule has 0 fully saturated rings. The third kappa shape index (κ3) is 1.33. The van der Waals surface area contributed by atoms with Crippen LogP contribution in [-0.2, 0) is 0 Å². The molecule has 0 aliphatic heterocycles. The first-order valence-corrected chi connectivity index (χ1v) is 6.27.